The monoisotopic (exact) mass is 402 g/mol. The highest BCUT2D eigenvalue weighted by Crippen LogP contribution is 2.15. The first-order valence-electron chi connectivity index (χ1n) is 8.53. The summed E-state index contributed by atoms with van der Waals surface area (Å²) in [5, 5.41) is 2.79. The number of furan rings is 1. The summed E-state index contributed by atoms with van der Waals surface area (Å²) < 4.78 is 45.2. The fraction of sp³-hybridized carbons (Fsp3) is 0.150. The molecule has 0 spiro atoms. The van der Waals surface area contributed by atoms with Crippen LogP contribution >= 0.6 is 0 Å². The molecule has 0 bridgehead atoms. The molecule has 0 unspecified atom stereocenters. The van der Waals surface area contributed by atoms with Gasteiger partial charge in [0.05, 0.1) is 23.7 Å². The van der Waals surface area contributed by atoms with Crippen LogP contribution in [0.25, 0.3) is 0 Å². The van der Waals surface area contributed by atoms with E-state index in [4.69, 9.17) is 4.42 Å². The van der Waals surface area contributed by atoms with E-state index in [1.165, 1.54) is 42.7 Å². The zero-order valence-corrected chi connectivity index (χ0v) is 15.9. The average Bonchev–Trinajstić information content (AvgIpc) is 3.21. The molecule has 0 saturated heterocycles. The van der Waals surface area contributed by atoms with Gasteiger partial charge in [-0.2, -0.15) is 0 Å². The van der Waals surface area contributed by atoms with Crippen LogP contribution in [0.15, 0.2) is 76.2 Å². The van der Waals surface area contributed by atoms with Crippen molar-refractivity contribution in [2.24, 2.45) is 0 Å². The number of hydrogen-bond donors (Lipinski definition) is 2. The van der Waals surface area contributed by atoms with Crippen LogP contribution in [0.5, 0.6) is 0 Å². The van der Waals surface area contributed by atoms with Crippen LogP contribution in [-0.2, 0) is 16.6 Å². The summed E-state index contributed by atoms with van der Waals surface area (Å²) in [5.74, 6) is -0.210. The molecule has 28 heavy (non-hydrogen) atoms. The number of rotatable bonds is 7. The molecule has 2 aromatic carbocycles. The number of halogens is 1. The Morgan fingerprint density at radius 3 is 2.36 bits per heavy atom. The molecule has 1 atom stereocenters. The summed E-state index contributed by atoms with van der Waals surface area (Å²) >= 11 is 0. The lowest BCUT2D eigenvalue weighted by Crippen LogP contribution is -2.27. The Bertz CT molecular complexity index is 1030. The van der Waals surface area contributed by atoms with Crippen molar-refractivity contribution in [3.05, 3.63) is 89.6 Å². The van der Waals surface area contributed by atoms with E-state index in [2.05, 4.69) is 10.0 Å². The Hall–Kier alpha value is -2.97. The fourth-order valence-electron chi connectivity index (χ4n) is 2.56. The number of sulfonamides is 1. The summed E-state index contributed by atoms with van der Waals surface area (Å²) in [6, 6.07) is 14.5. The number of carbonyl (C=O) groups is 1. The number of amides is 1. The summed E-state index contributed by atoms with van der Waals surface area (Å²) in [6.45, 7) is 1.81. The molecular formula is C20H19FN2O4S. The minimum atomic E-state index is -3.73. The zero-order chi connectivity index (χ0) is 20.1. The minimum Gasteiger partial charge on any atom is -0.468 e. The lowest BCUT2D eigenvalue weighted by molar-refractivity contribution is 0.0940. The SMILES string of the molecule is C[C@H](NC(=O)c1ccc(S(=O)(=O)NCc2ccco2)cc1)c1ccc(F)cc1. The highest BCUT2D eigenvalue weighted by atomic mass is 32.2. The van der Waals surface area contributed by atoms with E-state index in [0.29, 0.717) is 11.3 Å². The topological polar surface area (TPSA) is 88.4 Å². The first-order valence-corrected chi connectivity index (χ1v) is 10.0. The van der Waals surface area contributed by atoms with E-state index < -0.39 is 10.0 Å². The molecule has 8 heteroatoms. The minimum absolute atomic E-state index is 0.0345. The second-order valence-electron chi connectivity index (χ2n) is 6.17. The van der Waals surface area contributed by atoms with Gasteiger partial charge in [-0.3, -0.25) is 4.79 Å². The highest BCUT2D eigenvalue weighted by molar-refractivity contribution is 7.89. The van der Waals surface area contributed by atoms with Gasteiger partial charge in [-0.1, -0.05) is 12.1 Å². The largest absolute Gasteiger partial charge is 0.468 e. The third-order valence-electron chi connectivity index (χ3n) is 4.16. The third-order valence-corrected chi connectivity index (χ3v) is 5.58. The summed E-state index contributed by atoms with van der Waals surface area (Å²) in [7, 11) is -3.73. The van der Waals surface area contributed by atoms with Gasteiger partial charge in [-0.15, -0.1) is 0 Å². The normalized spacial score (nSPS) is 12.5. The smallest absolute Gasteiger partial charge is 0.251 e. The van der Waals surface area contributed by atoms with Crippen LogP contribution in [0, 0.1) is 5.82 Å². The second-order valence-corrected chi connectivity index (χ2v) is 7.94. The Labute approximate surface area is 162 Å². The Morgan fingerprint density at radius 2 is 1.75 bits per heavy atom. The first kappa shape index (κ1) is 19.8. The summed E-state index contributed by atoms with van der Waals surface area (Å²) in [4.78, 5) is 12.4. The van der Waals surface area contributed by atoms with Crippen molar-refractivity contribution < 1.29 is 22.0 Å². The van der Waals surface area contributed by atoms with Crippen molar-refractivity contribution in [2.45, 2.75) is 24.4 Å². The Morgan fingerprint density at radius 1 is 1.07 bits per heavy atom. The van der Waals surface area contributed by atoms with Gasteiger partial charge in [-0.25, -0.2) is 17.5 Å². The molecule has 146 valence electrons. The summed E-state index contributed by atoms with van der Waals surface area (Å²) in [6.07, 6.45) is 1.46. The number of nitrogens with one attached hydrogen (secondary N) is 2. The van der Waals surface area contributed by atoms with E-state index >= 15 is 0 Å². The van der Waals surface area contributed by atoms with E-state index in [9.17, 15) is 17.6 Å². The maximum atomic E-state index is 13.0. The predicted octanol–water partition coefficient (Wildman–Crippen LogP) is 3.39. The van der Waals surface area contributed by atoms with Crippen molar-refractivity contribution >= 4 is 15.9 Å². The van der Waals surface area contributed by atoms with Gasteiger partial charge in [0.2, 0.25) is 10.0 Å². The molecule has 0 fully saturated rings. The number of carbonyl (C=O) groups excluding carboxylic acids is 1. The third kappa shape index (κ3) is 4.85. The van der Waals surface area contributed by atoms with Crippen LogP contribution in [0.1, 0.15) is 34.6 Å². The van der Waals surface area contributed by atoms with E-state index in [1.807, 2.05) is 0 Å². The molecule has 6 nitrogen and oxygen atoms in total. The van der Waals surface area contributed by atoms with Gasteiger partial charge < -0.3 is 9.73 Å². The fourth-order valence-corrected chi connectivity index (χ4v) is 3.56. The molecule has 0 radical (unpaired) electrons. The second kappa shape index (κ2) is 8.37. The van der Waals surface area contributed by atoms with Crippen LogP contribution < -0.4 is 10.0 Å². The van der Waals surface area contributed by atoms with Crippen molar-refractivity contribution in [2.75, 3.05) is 0 Å². The molecule has 3 rings (SSSR count). The molecule has 0 saturated carbocycles. The van der Waals surface area contributed by atoms with Crippen LogP contribution in [0.4, 0.5) is 4.39 Å². The molecule has 3 aromatic rings. The van der Waals surface area contributed by atoms with Gasteiger partial charge in [0.1, 0.15) is 11.6 Å². The zero-order valence-electron chi connectivity index (χ0n) is 15.1. The molecule has 1 heterocycles. The van der Waals surface area contributed by atoms with Gasteiger partial charge in [0.15, 0.2) is 0 Å². The molecule has 1 aromatic heterocycles. The van der Waals surface area contributed by atoms with Crippen molar-refractivity contribution in [3.8, 4) is 0 Å². The molecule has 2 N–H and O–H groups in total. The molecule has 0 aliphatic rings. The lowest BCUT2D eigenvalue weighted by atomic mass is 10.1. The van der Waals surface area contributed by atoms with Gasteiger partial charge in [-0.05, 0) is 61.0 Å². The maximum Gasteiger partial charge on any atom is 0.251 e. The highest BCUT2D eigenvalue weighted by Gasteiger charge is 2.16. The molecule has 1 amide bonds. The van der Waals surface area contributed by atoms with Gasteiger partial charge in [0.25, 0.3) is 5.91 Å². The maximum absolute atomic E-state index is 13.0. The lowest BCUT2D eigenvalue weighted by Gasteiger charge is -2.14. The average molecular weight is 402 g/mol. The first-order chi connectivity index (χ1) is 13.3. The number of benzene rings is 2. The van der Waals surface area contributed by atoms with Gasteiger partial charge >= 0.3 is 0 Å². The standard InChI is InChI=1S/C20H19FN2O4S/c1-14(15-4-8-17(21)9-5-15)23-20(24)16-6-10-19(11-7-16)28(25,26)22-13-18-3-2-12-27-18/h2-12,14,22H,13H2,1H3,(H,23,24)/t14-/m0/s1. The molecule has 0 aliphatic carbocycles. The van der Waals surface area contributed by atoms with Crippen LogP contribution in [0.3, 0.4) is 0 Å². The van der Waals surface area contributed by atoms with Crippen LogP contribution in [0.2, 0.25) is 0 Å². The van der Waals surface area contributed by atoms with Crippen molar-refractivity contribution in [1.82, 2.24) is 10.0 Å². The number of hydrogen-bond acceptors (Lipinski definition) is 4. The van der Waals surface area contributed by atoms with E-state index in [0.717, 1.165) is 5.56 Å². The quantitative estimate of drug-likeness (QED) is 0.634. The Balaban J connectivity index is 1.64. The van der Waals surface area contributed by atoms with Gasteiger partial charge in [0, 0.05) is 5.56 Å². The summed E-state index contributed by atoms with van der Waals surface area (Å²) in [5.41, 5.74) is 1.08. The van der Waals surface area contributed by atoms with Crippen molar-refractivity contribution in [3.63, 3.8) is 0 Å². The Kier molecular flexibility index (Phi) is 5.91. The van der Waals surface area contributed by atoms with Crippen molar-refractivity contribution in [1.29, 1.82) is 0 Å². The molecular weight excluding hydrogens is 383 g/mol. The van der Waals surface area contributed by atoms with E-state index in [-0.39, 0.29) is 29.2 Å². The predicted molar refractivity (Wildman–Crippen MR) is 101 cm³/mol. The molecule has 0 aliphatic heterocycles. The van der Waals surface area contributed by atoms with E-state index in [1.54, 1.807) is 31.2 Å². The van der Waals surface area contributed by atoms with Crippen LogP contribution in [-0.4, -0.2) is 14.3 Å².